The first-order valence-electron chi connectivity index (χ1n) is 8.40. The van der Waals surface area contributed by atoms with Crippen molar-refractivity contribution in [3.8, 4) is 0 Å². The molecule has 1 aliphatic carbocycles. The number of carbonyl (C=O) groups is 1. The second kappa shape index (κ2) is 6.07. The second-order valence-corrected chi connectivity index (χ2v) is 7.17. The molecule has 0 aromatic carbocycles. The Labute approximate surface area is 127 Å². The molecule has 3 nitrogen and oxygen atoms in total. The maximum absolute atomic E-state index is 13.7. The largest absolute Gasteiger partial charge is 0.332 e. The van der Waals surface area contributed by atoms with E-state index in [1.807, 2.05) is 11.8 Å². The van der Waals surface area contributed by atoms with E-state index in [2.05, 4.69) is 24.4 Å². The van der Waals surface area contributed by atoms with Crippen molar-refractivity contribution in [2.75, 3.05) is 6.54 Å². The van der Waals surface area contributed by atoms with Gasteiger partial charge in [-0.1, -0.05) is 19.1 Å². The number of halogens is 1. The first kappa shape index (κ1) is 15.0. The van der Waals surface area contributed by atoms with Crippen molar-refractivity contribution in [1.82, 2.24) is 10.2 Å². The molecule has 7 atom stereocenters. The number of rotatable bonds is 3. The van der Waals surface area contributed by atoms with Crippen LogP contribution in [-0.4, -0.2) is 42.2 Å². The highest BCUT2D eigenvalue weighted by molar-refractivity contribution is 5.51. The second-order valence-electron chi connectivity index (χ2n) is 7.17. The zero-order chi connectivity index (χ0) is 15.0. The van der Waals surface area contributed by atoms with Crippen LogP contribution < -0.4 is 5.32 Å². The SMILES string of the molecule is CC1CC(C2NCCC2C2C=CC(C)N2C=O)CCC1F. The summed E-state index contributed by atoms with van der Waals surface area (Å²) in [6.45, 7) is 5.12. The number of hydrogen-bond donors (Lipinski definition) is 1. The lowest BCUT2D eigenvalue weighted by molar-refractivity contribution is -0.121. The van der Waals surface area contributed by atoms with Crippen LogP contribution >= 0.6 is 0 Å². The quantitative estimate of drug-likeness (QED) is 0.641. The summed E-state index contributed by atoms with van der Waals surface area (Å²) in [5, 5.41) is 3.65. The van der Waals surface area contributed by atoms with Crippen molar-refractivity contribution in [3.05, 3.63) is 12.2 Å². The number of nitrogens with zero attached hydrogens (tertiary/aromatic N) is 1. The number of nitrogens with one attached hydrogen (secondary N) is 1. The van der Waals surface area contributed by atoms with E-state index in [0.717, 1.165) is 32.2 Å². The van der Waals surface area contributed by atoms with E-state index in [1.54, 1.807) is 0 Å². The molecule has 0 bridgehead atoms. The zero-order valence-electron chi connectivity index (χ0n) is 13.0. The Balaban J connectivity index is 1.71. The highest BCUT2D eigenvalue weighted by Crippen LogP contribution is 2.39. The predicted octanol–water partition coefficient (Wildman–Crippen LogP) is 2.52. The minimum atomic E-state index is -0.626. The van der Waals surface area contributed by atoms with Crippen molar-refractivity contribution in [1.29, 1.82) is 0 Å². The minimum absolute atomic E-state index is 0.173. The summed E-state index contributed by atoms with van der Waals surface area (Å²) >= 11 is 0. The van der Waals surface area contributed by atoms with Crippen LogP contribution in [0.1, 0.15) is 39.5 Å². The number of alkyl halides is 1. The Morgan fingerprint density at radius 2 is 2.05 bits per heavy atom. The molecule has 21 heavy (non-hydrogen) atoms. The van der Waals surface area contributed by atoms with E-state index in [4.69, 9.17) is 0 Å². The number of carbonyl (C=O) groups excluding carboxylic acids is 1. The molecule has 2 fully saturated rings. The maximum Gasteiger partial charge on any atom is 0.210 e. The van der Waals surface area contributed by atoms with Gasteiger partial charge in [-0.3, -0.25) is 4.79 Å². The Kier molecular flexibility index (Phi) is 4.34. The minimum Gasteiger partial charge on any atom is -0.332 e. The van der Waals surface area contributed by atoms with Crippen LogP contribution in [0.5, 0.6) is 0 Å². The lowest BCUT2D eigenvalue weighted by atomic mass is 9.73. The average molecular weight is 294 g/mol. The molecule has 0 aromatic heterocycles. The van der Waals surface area contributed by atoms with E-state index in [0.29, 0.717) is 24.3 Å². The topological polar surface area (TPSA) is 32.3 Å². The predicted molar refractivity (Wildman–Crippen MR) is 81.6 cm³/mol. The molecule has 1 N–H and O–H groups in total. The molecular formula is C17H27FN2O. The fraction of sp³-hybridized carbons (Fsp3) is 0.824. The molecule has 0 spiro atoms. The normalized spacial score (nSPS) is 47.0. The maximum atomic E-state index is 13.7. The van der Waals surface area contributed by atoms with Crippen LogP contribution in [0.25, 0.3) is 0 Å². The van der Waals surface area contributed by atoms with Crippen LogP contribution in [0.3, 0.4) is 0 Å². The molecule has 1 saturated carbocycles. The summed E-state index contributed by atoms with van der Waals surface area (Å²) in [5.74, 6) is 1.20. The van der Waals surface area contributed by atoms with Crippen molar-refractivity contribution >= 4 is 6.41 Å². The molecule has 4 heteroatoms. The van der Waals surface area contributed by atoms with Crippen LogP contribution in [0, 0.1) is 17.8 Å². The molecule has 2 heterocycles. The summed E-state index contributed by atoms with van der Waals surface area (Å²) in [6.07, 6.45) is 8.47. The highest BCUT2D eigenvalue weighted by atomic mass is 19.1. The first-order valence-corrected chi connectivity index (χ1v) is 8.40. The molecule has 0 radical (unpaired) electrons. The van der Waals surface area contributed by atoms with Gasteiger partial charge in [0.1, 0.15) is 6.17 Å². The van der Waals surface area contributed by atoms with Gasteiger partial charge in [-0.25, -0.2) is 4.39 Å². The van der Waals surface area contributed by atoms with Crippen molar-refractivity contribution in [2.45, 2.75) is 63.8 Å². The smallest absolute Gasteiger partial charge is 0.210 e. The van der Waals surface area contributed by atoms with Crippen LogP contribution in [0.4, 0.5) is 4.39 Å². The van der Waals surface area contributed by atoms with E-state index in [-0.39, 0.29) is 18.0 Å². The van der Waals surface area contributed by atoms with Gasteiger partial charge in [0.25, 0.3) is 0 Å². The monoisotopic (exact) mass is 294 g/mol. The third-order valence-electron chi connectivity index (χ3n) is 5.89. The Morgan fingerprint density at radius 1 is 1.24 bits per heavy atom. The van der Waals surface area contributed by atoms with E-state index < -0.39 is 6.17 Å². The van der Waals surface area contributed by atoms with E-state index >= 15 is 0 Å². The molecule has 3 rings (SSSR count). The summed E-state index contributed by atoms with van der Waals surface area (Å²) in [4.78, 5) is 13.3. The Hall–Kier alpha value is -0.900. The molecule has 7 unspecified atom stereocenters. The van der Waals surface area contributed by atoms with Gasteiger partial charge in [0.15, 0.2) is 0 Å². The standard InChI is InChI=1S/C17H27FN2O/c1-11-9-13(4-5-15(11)18)17-14(7-8-19-17)16-6-3-12(2)20(16)10-21/h3,6,10-17,19H,4-5,7-9H2,1-2H3. The third-order valence-corrected chi connectivity index (χ3v) is 5.89. The Bertz CT molecular complexity index is 414. The number of hydrogen-bond acceptors (Lipinski definition) is 2. The van der Waals surface area contributed by atoms with Crippen molar-refractivity contribution in [2.24, 2.45) is 17.8 Å². The molecule has 2 aliphatic heterocycles. The fourth-order valence-corrected chi connectivity index (χ4v) is 4.65. The van der Waals surface area contributed by atoms with Gasteiger partial charge in [-0.2, -0.15) is 0 Å². The van der Waals surface area contributed by atoms with Gasteiger partial charge in [0.05, 0.1) is 6.04 Å². The fourth-order valence-electron chi connectivity index (χ4n) is 4.65. The number of amides is 1. The molecule has 118 valence electrons. The highest BCUT2D eigenvalue weighted by Gasteiger charge is 2.43. The van der Waals surface area contributed by atoms with Crippen molar-refractivity contribution in [3.63, 3.8) is 0 Å². The van der Waals surface area contributed by atoms with Gasteiger partial charge in [0, 0.05) is 12.1 Å². The van der Waals surface area contributed by atoms with Crippen LogP contribution in [0.15, 0.2) is 12.2 Å². The lowest BCUT2D eigenvalue weighted by Crippen LogP contribution is -2.47. The summed E-state index contributed by atoms with van der Waals surface area (Å²) in [5.41, 5.74) is 0. The van der Waals surface area contributed by atoms with Crippen molar-refractivity contribution < 1.29 is 9.18 Å². The van der Waals surface area contributed by atoms with Gasteiger partial charge in [0.2, 0.25) is 6.41 Å². The third kappa shape index (κ3) is 2.75. The van der Waals surface area contributed by atoms with Crippen LogP contribution in [-0.2, 0) is 4.79 Å². The van der Waals surface area contributed by atoms with Gasteiger partial charge in [-0.15, -0.1) is 0 Å². The molecule has 0 aromatic rings. The summed E-state index contributed by atoms with van der Waals surface area (Å²) in [6, 6.07) is 0.854. The lowest BCUT2D eigenvalue weighted by Gasteiger charge is -2.39. The summed E-state index contributed by atoms with van der Waals surface area (Å²) < 4.78 is 13.7. The van der Waals surface area contributed by atoms with E-state index in [1.165, 1.54) is 0 Å². The Morgan fingerprint density at radius 3 is 2.76 bits per heavy atom. The van der Waals surface area contributed by atoms with Gasteiger partial charge < -0.3 is 10.2 Å². The van der Waals surface area contributed by atoms with Gasteiger partial charge in [-0.05, 0) is 56.9 Å². The first-order chi connectivity index (χ1) is 10.1. The van der Waals surface area contributed by atoms with Gasteiger partial charge >= 0.3 is 0 Å². The average Bonchev–Trinajstić information content (AvgIpc) is 3.07. The summed E-state index contributed by atoms with van der Waals surface area (Å²) in [7, 11) is 0. The molecule has 1 amide bonds. The molecule has 1 saturated heterocycles. The van der Waals surface area contributed by atoms with Crippen LogP contribution in [0.2, 0.25) is 0 Å². The molecular weight excluding hydrogens is 267 g/mol. The van der Waals surface area contributed by atoms with E-state index in [9.17, 15) is 9.18 Å². The molecule has 3 aliphatic rings. The zero-order valence-corrected chi connectivity index (χ0v) is 13.0.